The van der Waals surface area contributed by atoms with Gasteiger partial charge in [-0.25, -0.2) is 0 Å². The van der Waals surface area contributed by atoms with Crippen molar-refractivity contribution in [3.63, 3.8) is 0 Å². The summed E-state index contributed by atoms with van der Waals surface area (Å²) < 4.78 is 14.0. The Bertz CT molecular complexity index is 1450. The van der Waals surface area contributed by atoms with Crippen LogP contribution in [0.1, 0.15) is 39.6 Å². The van der Waals surface area contributed by atoms with Gasteiger partial charge in [-0.2, -0.15) is 5.26 Å². The average Bonchev–Trinajstić information content (AvgIpc) is 3.23. The lowest BCUT2D eigenvalue weighted by Gasteiger charge is -2.41. The van der Waals surface area contributed by atoms with E-state index in [-0.39, 0.29) is 12.8 Å². The Morgan fingerprint density at radius 1 is 1.09 bits per heavy atom. The van der Waals surface area contributed by atoms with Gasteiger partial charge in [0.25, 0.3) is 0 Å². The Hall–Kier alpha value is -3.79. The van der Waals surface area contributed by atoms with Gasteiger partial charge in [0.2, 0.25) is 0 Å². The number of nitrogens with zero attached hydrogens (tertiary/aromatic N) is 3. The van der Waals surface area contributed by atoms with Crippen LogP contribution in [0.4, 0.5) is 0 Å². The second kappa shape index (κ2) is 8.77. The maximum atomic E-state index is 10.1. The standard InChI is InChI=1S/C29H27N3O3/c1-34-28-12-21-10-11-31-16-27-24(22-4-2-3-5-25(22)32(27)18-33)13-26(31)23(21)14-29(28)35-17-20-8-6-19(15-30)7-9-20/h2-9,12,14,26,33H,10-11,13,16-18H2,1H3. The Morgan fingerprint density at radius 2 is 1.91 bits per heavy atom. The summed E-state index contributed by atoms with van der Waals surface area (Å²) >= 11 is 0. The second-order valence-corrected chi connectivity index (χ2v) is 9.25. The van der Waals surface area contributed by atoms with Gasteiger partial charge < -0.3 is 19.1 Å². The van der Waals surface area contributed by atoms with Gasteiger partial charge >= 0.3 is 0 Å². The molecule has 0 aliphatic carbocycles. The Kier molecular flexibility index (Phi) is 5.44. The van der Waals surface area contributed by atoms with Crippen LogP contribution in [0.15, 0.2) is 60.7 Å². The van der Waals surface area contributed by atoms with Crippen LogP contribution < -0.4 is 9.47 Å². The van der Waals surface area contributed by atoms with E-state index < -0.39 is 0 Å². The summed E-state index contributed by atoms with van der Waals surface area (Å²) in [5.41, 5.74) is 7.89. The number of rotatable bonds is 5. The van der Waals surface area contributed by atoms with Gasteiger partial charge in [-0.1, -0.05) is 30.3 Å². The van der Waals surface area contributed by atoms with E-state index in [1.54, 1.807) is 7.11 Å². The summed E-state index contributed by atoms with van der Waals surface area (Å²) in [5.74, 6) is 1.49. The van der Waals surface area contributed by atoms with Gasteiger partial charge in [0, 0.05) is 30.2 Å². The fraction of sp³-hybridized carbons (Fsp3) is 0.276. The minimum atomic E-state index is -0.00449. The SMILES string of the molecule is COc1cc2c(cc1OCc1ccc(C#N)cc1)C1Cc3c(n(CO)c4ccccc34)CN1CC2. The first kappa shape index (κ1) is 21.7. The van der Waals surface area contributed by atoms with Gasteiger partial charge in [-0.05, 0) is 65.4 Å². The normalized spacial score (nSPS) is 16.8. The predicted octanol–water partition coefficient (Wildman–Crippen LogP) is 4.71. The number of hydrogen-bond acceptors (Lipinski definition) is 5. The van der Waals surface area contributed by atoms with Gasteiger partial charge in [0.05, 0.1) is 24.3 Å². The quantitative estimate of drug-likeness (QED) is 0.462. The fourth-order valence-corrected chi connectivity index (χ4v) is 5.68. The number of benzene rings is 3. The van der Waals surface area contributed by atoms with Crippen LogP contribution in [0.2, 0.25) is 0 Å². The molecular formula is C29H27N3O3. The van der Waals surface area contributed by atoms with E-state index in [0.717, 1.165) is 48.5 Å². The molecule has 3 aromatic carbocycles. The van der Waals surface area contributed by atoms with Crippen molar-refractivity contribution in [1.29, 1.82) is 5.26 Å². The van der Waals surface area contributed by atoms with E-state index in [0.29, 0.717) is 12.2 Å². The van der Waals surface area contributed by atoms with Crippen molar-refractivity contribution in [2.24, 2.45) is 0 Å². The number of hydrogen-bond donors (Lipinski definition) is 1. The molecule has 0 amide bonds. The maximum absolute atomic E-state index is 10.1. The Balaban J connectivity index is 1.35. The number of aliphatic hydroxyl groups is 1. The molecule has 4 aromatic rings. The topological polar surface area (TPSA) is 70.6 Å². The van der Waals surface area contributed by atoms with Crippen LogP contribution in [0.3, 0.4) is 0 Å². The molecule has 1 unspecified atom stereocenters. The molecule has 0 radical (unpaired) electrons. The largest absolute Gasteiger partial charge is 0.493 e. The lowest BCUT2D eigenvalue weighted by atomic mass is 9.85. The third kappa shape index (κ3) is 3.65. The van der Waals surface area contributed by atoms with Gasteiger partial charge in [0.1, 0.15) is 13.3 Å². The summed E-state index contributed by atoms with van der Waals surface area (Å²) in [6.45, 7) is 2.19. The first-order valence-corrected chi connectivity index (χ1v) is 12.0. The molecule has 6 rings (SSSR count). The molecule has 176 valence electrons. The number of fused-ring (bicyclic) bond motifs is 6. The highest BCUT2D eigenvalue weighted by atomic mass is 16.5. The monoisotopic (exact) mass is 465 g/mol. The highest BCUT2D eigenvalue weighted by Crippen LogP contribution is 2.44. The molecule has 0 fully saturated rings. The zero-order valence-corrected chi connectivity index (χ0v) is 19.7. The molecular weight excluding hydrogens is 438 g/mol. The zero-order chi connectivity index (χ0) is 23.9. The number of ether oxygens (including phenoxy) is 2. The average molecular weight is 466 g/mol. The lowest BCUT2D eigenvalue weighted by Crippen LogP contribution is -2.39. The second-order valence-electron chi connectivity index (χ2n) is 9.25. The van der Waals surface area contributed by atoms with Crippen LogP contribution in [0.25, 0.3) is 10.9 Å². The summed E-state index contributed by atoms with van der Waals surface area (Å²) in [5, 5.41) is 20.4. The lowest BCUT2D eigenvalue weighted by molar-refractivity contribution is 0.145. The van der Waals surface area contributed by atoms with Gasteiger partial charge in [0.15, 0.2) is 11.5 Å². The van der Waals surface area contributed by atoms with Crippen LogP contribution in [-0.2, 0) is 32.7 Å². The molecule has 1 N–H and O–H groups in total. The Morgan fingerprint density at radius 3 is 2.69 bits per heavy atom. The summed E-state index contributed by atoms with van der Waals surface area (Å²) in [4.78, 5) is 2.52. The molecule has 0 saturated heterocycles. The molecule has 2 aliphatic rings. The summed E-state index contributed by atoms with van der Waals surface area (Å²) in [6.07, 6.45) is 1.85. The van der Waals surface area contributed by atoms with Crippen molar-refractivity contribution in [3.8, 4) is 17.6 Å². The first-order chi connectivity index (χ1) is 17.2. The molecule has 0 saturated carbocycles. The highest BCUT2D eigenvalue weighted by molar-refractivity contribution is 5.86. The van der Waals surface area contributed by atoms with Crippen LogP contribution in [0.5, 0.6) is 11.5 Å². The van der Waals surface area contributed by atoms with E-state index in [1.165, 1.54) is 27.8 Å². The molecule has 0 bridgehead atoms. The van der Waals surface area contributed by atoms with E-state index >= 15 is 0 Å². The third-order valence-corrected chi connectivity index (χ3v) is 7.46. The van der Waals surface area contributed by atoms with Crippen molar-refractivity contribution in [1.82, 2.24) is 9.47 Å². The van der Waals surface area contributed by atoms with Crippen LogP contribution in [0, 0.1) is 11.3 Å². The van der Waals surface area contributed by atoms with E-state index in [4.69, 9.17) is 14.7 Å². The van der Waals surface area contributed by atoms with Gasteiger partial charge in [-0.15, -0.1) is 0 Å². The van der Waals surface area contributed by atoms with Crippen molar-refractivity contribution in [2.75, 3.05) is 13.7 Å². The number of nitriles is 1. The van der Waals surface area contributed by atoms with Crippen LogP contribution >= 0.6 is 0 Å². The molecule has 1 atom stereocenters. The zero-order valence-electron chi connectivity index (χ0n) is 19.7. The molecule has 2 aliphatic heterocycles. The van der Waals surface area contributed by atoms with E-state index in [1.807, 2.05) is 30.3 Å². The predicted molar refractivity (Wildman–Crippen MR) is 133 cm³/mol. The summed E-state index contributed by atoms with van der Waals surface area (Å²) in [7, 11) is 1.68. The van der Waals surface area contributed by atoms with Crippen molar-refractivity contribution < 1.29 is 14.6 Å². The molecule has 35 heavy (non-hydrogen) atoms. The first-order valence-electron chi connectivity index (χ1n) is 12.0. The van der Waals surface area contributed by atoms with Crippen LogP contribution in [-0.4, -0.2) is 28.2 Å². The minimum absolute atomic E-state index is 0.00449. The van der Waals surface area contributed by atoms with Crippen molar-refractivity contribution in [3.05, 3.63) is 94.2 Å². The van der Waals surface area contributed by atoms with Gasteiger partial charge in [-0.3, -0.25) is 4.90 Å². The fourth-order valence-electron chi connectivity index (χ4n) is 5.68. The number of methoxy groups -OCH3 is 1. The smallest absolute Gasteiger partial charge is 0.162 e. The van der Waals surface area contributed by atoms with E-state index in [9.17, 15) is 5.11 Å². The summed E-state index contributed by atoms with van der Waals surface area (Å²) in [6, 6.07) is 22.5. The maximum Gasteiger partial charge on any atom is 0.162 e. The van der Waals surface area contributed by atoms with Crippen molar-refractivity contribution >= 4 is 10.9 Å². The molecule has 6 heteroatoms. The highest BCUT2D eigenvalue weighted by Gasteiger charge is 2.35. The number of aromatic nitrogens is 1. The Labute approximate surface area is 204 Å². The molecule has 1 aromatic heterocycles. The van der Waals surface area contributed by atoms with E-state index in [2.05, 4.69) is 45.9 Å². The number of para-hydroxylation sites is 1. The van der Waals surface area contributed by atoms with Crippen molar-refractivity contribution in [2.45, 2.75) is 38.8 Å². The molecule has 0 spiro atoms. The molecule has 3 heterocycles. The number of aliphatic hydroxyl groups excluding tert-OH is 1. The minimum Gasteiger partial charge on any atom is -0.493 e. The molecule has 6 nitrogen and oxygen atoms in total. The third-order valence-electron chi connectivity index (χ3n) is 7.46.